The van der Waals surface area contributed by atoms with E-state index in [2.05, 4.69) is 5.32 Å². The maximum Gasteiger partial charge on any atom is 0.355 e. The van der Waals surface area contributed by atoms with E-state index in [1.165, 1.54) is 16.2 Å². The number of esters is 1. The highest BCUT2D eigenvalue weighted by Gasteiger charge is 2.55. The Hall–Kier alpha value is -1.80. The molecule has 8 heteroatoms. The Morgan fingerprint density at radius 2 is 2.32 bits per heavy atom. The molecule has 1 unspecified atom stereocenters. The summed E-state index contributed by atoms with van der Waals surface area (Å²) in [7, 11) is 0. The zero-order valence-corrected chi connectivity index (χ0v) is 13.0. The number of amides is 2. The summed E-state index contributed by atoms with van der Waals surface area (Å²) in [5.41, 5.74) is 1.25. The molecule has 6 nitrogen and oxygen atoms in total. The number of hydrogen-bond acceptors (Lipinski definition) is 6. The van der Waals surface area contributed by atoms with Crippen LogP contribution >= 0.6 is 23.1 Å². The van der Waals surface area contributed by atoms with Crippen LogP contribution < -0.4 is 5.32 Å². The quantitative estimate of drug-likeness (QED) is 0.643. The Bertz CT molecular complexity index is 698. The summed E-state index contributed by atoms with van der Waals surface area (Å²) >= 11 is 3.07. The van der Waals surface area contributed by atoms with Gasteiger partial charge in [0.25, 0.3) is 5.91 Å². The van der Waals surface area contributed by atoms with Gasteiger partial charge in [-0.25, -0.2) is 4.79 Å². The minimum atomic E-state index is -0.556. The van der Waals surface area contributed by atoms with E-state index in [1.54, 1.807) is 11.8 Å². The molecule has 0 aliphatic carbocycles. The highest BCUT2D eigenvalue weighted by molar-refractivity contribution is 8.00. The number of β-lactam (4-membered cyclic amide) rings is 1. The Kier molecular flexibility index (Phi) is 3.23. The molecule has 0 bridgehead atoms. The molecule has 3 aliphatic heterocycles. The van der Waals surface area contributed by atoms with Gasteiger partial charge in [-0.1, -0.05) is 6.07 Å². The highest BCUT2D eigenvalue weighted by atomic mass is 32.2. The fourth-order valence-electron chi connectivity index (χ4n) is 2.80. The predicted molar refractivity (Wildman–Crippen MR) is 81.0 cm³/mol. The van der Waals surface area contributed by atoms with Crippen molar-refractivity contribution in [3.63, 3.8) is 0 Å². The molecule has 1 fully saturated rings. The van der Waals surface area contributed by atoms with Gasteiger partial charge < -0.3 is 10.1 Å². The van der Waals surface area contributed by atoms with Crippen LogP contribution in [-0.2, 0) is 25.5 Å². The van der Waals surface area contributed by atoms with Gasteiger partial charge in [0, 0.05) is 16.2 Å². The van der Waals surface area contributed by atoms with E-state index in [1.807, 2.05) is 17.5 Å². The molecule has 1 aromatic heterocycles. The number of fused-ring (bicyclic) bond motifs is 2. The zero-order chi connectivity index (χ0) is 15.3. The highest BCUT2D eigenvalue weighted by Crippen LogP contribution is 2.42. The van der Waals surface area contributed by atoms with Gasteiger partial charge in [0.15, 0.2) is 0 Å². The minimum absolute atomic E-state index is 0.171. The number of ether oxygens (including phenoxy) is 1. The molecule has 1 saturated heterocycles. The fourth-order valence-corrected chi connectivity index (χ4v) is 4.83. The smallest absolute Gasteiger partial charge is 0.355 e. The molecule has 3 aliphatic rings. The first kappa shape index (κ1) is 13.8. The van der Waals surface area contributed by atoms with Gasteiger partial charge in [0.1, 0.15) is 23.7 Å². The average molecular weight is 336 g/mol. The van der Waals surface area contributed by atoms with Crippen LogP contribution in [0.1, 0.15) is 4.88 Å². The predicted octanol–water partition coefficient (Wildman–Crippen LogP) is 0.501. The minimum Gasteiger partial charge on any atom is -0.456 e. The summed E-state index contributed by atoms with van der Waals surface area (Å²) in [6, 6.07) is 3.22. The van der Waals surface area contributed by atoms with Crippen LogP contribution in [0.2, 0.25) is 0 Å². The molecular weight excluding hydrogens is 324 g/mol. The lowest BCUT2D eigenvalue weighted by molar-refractivity contribution is -0.150. The normalized spacial score (nSPS) is 26.3. The van der Waals surface area contributed by atoms with E-state index >= 15 is 0 Å². The van der Waals surface area contributed by atoms with Crippen LogP contribution in [0.3, 0.4) is 0 Å². The van der Waals surface area contributed by atoms with E-state index < -0.39 is 12.0 Å². The molecule has 0 saturated carbocycles. The molecule has 22 heavy (non-hydrogen) atoms. The second-order valence-corrected chi connectivity index (χ2v) is 7.38. The molecule has 4 rings (SSSR count). The first-order valence-electron chi connectivity index (χ1n) is 6.81. The number of carbonyl (C=O) groups is 3. The molecule has 4 heterocycles. The van der Waals surface area contributed by atoms with Crippen molar-refractivity contribution in [2.45, 2.75) is 17.8 Å². The van der Waals surface area contributed by atoms with Crippen molar-refractivity contribution in [1.29, 1.82) is 0 Å². The van der Waals surface area contributed by atoms with Crippen molar-refractivity contribution in [3.05, 3.63) is 33.7 Å². The number of carbonyl (C=O) groups excluding carboxylic acids is 3. The van der Waals surface area contributed by atoms with Gasteiger partial charge in [-0.15, -0.1) is 23.1 Å². The molecule has 1 aromatic rings. The summed E-state index contributed by atoms with van der Waals surface area (Å²) in [4.78, 5) is 38.5. The molecule has 1 N–H and O–H groups in total. The van der Waals surface area contributed by atoms with Crippen molar-refractivity contribution in [3.8, 4) is 0 Å². The van der Waals surface area contributed by atoms with Gasteiger partial charge in [-0.3, -0.25) is 14.5 Å². The van der Waals surface area contributed by atoms with Crippen molar-refractivity contribution in [2.24, 2.45) is 0 Å². The van der Waals surface area contributed by atoms with Gasteiger partial charge in [0.05, 0.1) is 6.42 Å². The summed E-state index contributed by atoms with van der Waals surface area (Å²) in [5.74, 6) is -0.179. The topological polar surface area (TPSA) is 75.7 Å². The van der Waals surface area contributed by atoms with Gasteiger partial charge in [0.2, 0.25) is 5.91 Å². The lowest BCUT2D eigenvalue weighted by Gasteiger charge is -2.48. The van der Waals surface area contributed by atoms with Crippen LogP contribution in [0.4, 0.5) is 0 Å². The van der Waals surface area contributed by atoms with Crippen LogP contribution in [0, 0.1) is 0 Å². The maximum absolute atomic E-state index is 12.3. The second kappa shape index (κ2) is 5.13. The number of cyclic esters (lactones) is 1. The van der Waals surface area contributed by atoms with Crippen molar-refractivity contribution < 1.29 is 19.1 Å². The Morgan fingerprint density at radius 1 is 1.45 bits per heavy atom. The summed E-state index contributed by atoms with van der Waals surface area (Å²) in [6.45, 7) is 0.271. The number of nitrogens with one attached hydrogen (secondary N) is 1. The molecule has 0 aromatic carbocycles. The van der Waals surface area contributed by atoms with Crippen molar-refractivity contribution in [1.82, 2.24) is 10.2 Å². The SMILES string of the molecule is O=C(Cc1cccs1)NC1C(=O)N2C3=C(COC3=O)CS[C@@H]12. The Morgan fingerprint density at radius 3 is 3.09 bits per heavy atom. The second-order valence-electron chi connectivity index (χ2n) is 5.24. The third kappa shape index (κ3) is 2.05. The number of thioether (sulfide) groups is 1. The lowest BCUT2D eigenvalue weighted by Crippen LogP contribution is -2.70. The largest absolute Gasteiger partial charge is 0.456 e. The van der Waals surface area contributed by atoms with Crippen LogP contribution in [0.25, 0.3) is 0 Å². The van der Waals surface area contributed by atoms with E-state index in [9.17, 15) is 14.4 Å². The number of rotatable bonds is 3. The molecule has 2 amide bonds. The third-order valence-corrected chi connectivity index (χ3v) is 6.07. The van der Waals surface area contributed by atoms with E-state index in [-0.39, 0.29) is 30.2 Å². The van der Waals surface area contributed by atoms with E-state index in [0.29, 0.717) is 11.4 Å². The van der Waals surface area contributed by atoms with E-state index in [0.717, 1.165) is 10.5 Å². The Balaban J connectivity index is 1.45. The van der Waals surface area contributed by atoms with Crippen LogP contribution in [-0.4, -0.2) is 46.5 Å². The average Bonchev–Trinajstić information content (AvgIpc) is 3.14. The molecule has 0 spiro atoms. The molecule has 0 radical (unpaired) electrons. The van der Waals surface area contributed by atoms with Gasteiger partial charge in [-0.05, 0) is 11.4 Å². The van der Waals surface area contributed by atoms with Gasteiger partial charge in [-0.2, -0.15) is 0 Å². The summed E-state index contributed by atoms with van der Waals surface area (Å²) < 4.78 is 4.98. The molecule has 2 atom stereocenters. The number of thiophene rings is 1. The Labute approximate surface area is 134 Å². The summed E-state index contributed by atoms with van der Waals surface area (Å²) in [5, 5.41) is 4.49. The van der Waals surface area contributed by atoms with Crippen LogP contribution in [0.15, 0.2) is 28.8 Å². The fraction of sp³-hybridized carbons (Fsp3) is 0.357. The standard InChI is InChI=1S/C14H12N2O4S2/c17-9(4-8-2-1-3-21-8)15-10-12(18)16-11-7(5-20-14(11)19)6-22-13(10)16/h1-3,10,13H,4-6H2,(H,15,17)/t10?,13-/m0/s1. The maximum atomic E-state index is 12.3. The zero-order valence-electron chi connectivity index (χ0n) is 11.4. The number of hydrogen-bond donors (Lipinski definition) is 1. The first-order chi connectivity index (χ1) is 10.6. The monoisotopic (exact) mass is 336 g/mol. The van der Waals surface area contributed by atoms with Gasteiger partial charge >= 0.3 is 5.97 Å². The van der Waals surface area contributed by atoms with Crippen LogP contribution in [0.5, 0.6) is 0 Å². The third-order valence-electron chi connectivity index (χ3n) is 3.85. The molecular formula is C14H12N2O4S2. The number of nitrogens with zero attached hydrogens (tertiary/aromatic N) is 1. The molecule has 114 valence electrons. The van der Waals surface area contributed by atoms with Crippen molar-refractivity contribution >= 4 is 40.9 Å². The van der Waals surface area contributed by atoms with Crippen molar-refractivity contribution in [2.75, 3.05) is 12.4 Å². The first-order valence-corrected chi connectivity index (χ1v) is 8.73. The summed E-state index contributed by atoms with van der Waals surface area (Å²) in [6.07, 6.45) is 0.273. The lowest BCUT2D eigenvalue weighted by atomic mass is 10.0. The van der Waals surface area contributed by atoms with E-state index in [4.69, 9.17) is 4.74 Å².